The Hall–Kier alpha value is -2.24. The van der Waals surface area contributed by atoms with Crippen molar-refractivity contribution in [3.8, 4) is 11.5 Å². The van der Waals surface area contributed by atoms with Crippen LogP contribution in [0.15, 0.2) is 12.1 Å². The number of hydrogen-bond acceptors (Lipinski definition) is 5. The van der Waals surface area contributed by atoms with Gasteiger partial charge < -0.3 is 19.5 Å². The Morgan fingerprint density at radius 1 is 1.06 bits per heavy atom. The Labute approximate surface area is 105 Å². The number of rotatable bonds is 3. The van der Waals surface area contributed by atoms with Gasteiger partial charge in [-0.05, 0) is 18.6 Å². The highest BCUT2D eigenvalue weighted by Crippen LogP contribution is 2.32. The first kappa shape index (κ1) is 13.8. The SMILES string of the molecule is COC(=O)C(=O)Nc1cc(OC)c(OC)cc1C. The van der Waals surface area contributed by atoms with E-state index in [9.17, 15) is 9.59 Å². The number of hydrogen-bond donors (Lipinski definition) is 1. The third-order valence-corrected chi connectivity index (χ3v) is 2.35. The topological polar surface area (TPSA) is 73.9 Å². The highest BCUT2D eigenvalue weighted by molar-refractivity contribution is 6.37. The van der Waals surface area contributed by atoms with Crippen molar-refractivity contribution in [1.82, 2.24) is 0 Å². The van der Waals surface area contributed by atoms with Crippen LogP contribution in [0.25, 0.3) is 0 Å². The molecule has 0 aliphatic rings. The molecule has 1 rings (SSSR count). The Morgan fingerprint density at radius 2 is 1.61 bits per heavy atom. The predicted octanol–water partition coefficient (Wildman–Crippen LogP) is 1.12. The summed E-state index contributed by atoms with van der Waals surface area (Å²) in [6, 6.07) is 3.28. The van der Waals surface area contributed by atoms with E-state index < -0.39 is 11.9 Å². The molecule has 0 radical (unpaired) electrons. The van der Waals surface area contributed by atoms with Crippen molar-refractivity contribution in [3.05, 3.63) is 17.7 Å². The van der Waals surface area contributed by atoms with Gasteiger partial charge in [0.05, 0.1) is 21.3 Å². The lowest BCUT2D eigenvalue weighted by molar-refractivity contribution is -0.150. The molecule has 0 aromatic heterocycles. The molecule has 6 nitrogen and oxygen atoms in total. The average molecular weight is 253 g/mol. The minimum Gasteiger partial charge on any atom is -0.493 e. The summed E-state index contributed by atoms with van der Waals surface area (Å²) in [6.45, 7) is 1.77. The summed E-state index contributed by atoms with van der Waals surface area (Å²) in [5, 5.41) is 2.44. The number of carbonyl (C=O) groups excluding carboxylic acids is 2. The molecule has 0 atom stereocenters. The van der Waals surface area contributed by atoms with Crippen LogP contribution in [-0.4, -0.2) is 33.2 Å². The van der Waals surface area contributed by atoms with Crippen LogP contribution in [0.1, 0.15) is 5.56 Å². The van der Waals surface area contributed by atoms with Crippen molar-refractivity contribution in [1.29, 1.82) is 0 Å². The van der Waals surface area contributed by atoms with Gasteiger partial charge >= 0.3 is 11.9 Å². The fraction of sp³-hybridized carbons (Fsp3) is 0.333. The summed E-state index contributed by atoms with van der Waals surface area (Å²) in [4.78, 5) is 22.4. The largest absolute Gasteiger partial charge is 0.493 e. The molecule has 18 heavy (non-hydrogen) atoms. The molecule has 0 saturated carbocycles. The van der Waals surface area contributed by atoms with Crippen molar-refractivity contribution in [2.75, 3.05) is 26.6 Å². The molecule has 0 heterocycles. The van der Waals surface area contributed by atoms with E-state index in [1.165, 1.54) is 14.2 Å². The Balaban J connectivity index is 3.03. The van der Waals surface area contributed by atoms with Crippen LogP contribution in [0, 0.1) is 6.92 Å². The average Bonchev–Trinajstić information content (AvgIpc) is 2.39. The quantitative estimate of drug-likeness (QED) is 0.645. The molecule has 0 bridgehead atoms. The summed E-state index contributed by atoms with van der Waals surface area (Å²) in [5.41, 5.74) is 1.20. The van der Waals surface area contributed by atoms with Crippen LogP contribution in [0.4, 0.5) is 5.69 Å². The van der Waals surface area contributed by atoms with E-state index >= 15 is 0 Å². The molecule has 0 saturated heterocycles. The van der Waals surface area contributed by atoms with Gasteiger partial charge in [0.15, 0.2) is 11.5 Å². The van der Waals surface area contributed by atoms with E-state index in [1.54, 1.807) is 19.1 Å². The Bertz CT molecular complexity index is 470. The number of amides is 1. The van der Waals surface area contributed by atoms with Crippen molar-refractivity contribution < 1.29 is 23.8 Å². The van der Waals surface area contributed by atoms with Gasteiger partial charge in [-0.3, -0.25) is 4.79 Å². The number of esters is 1. The molecule has 1 aromatic carbocycles. The number of nitrogens with one attached hydrogen (secondary N) is 1. The standard InChI is InChI=1S/C12H15NO5/c1-7-5-9(16-2)10(17-3)6-8(7)13-11(14)12(15)18-4/h5-6H,1-4H3,(H,13,14). The summed E-state index contributed by atoms with van der Waals surface area (Å²) in [5.74, 6) is -0.786. The molecule has 0 aliphatic carbocycles. The lowest BCUT2D eigenvalue weighted by Crippen LogP contribution is -2.24. The molecule has 0 unspecified atom stereocenters. The first-order valence-electron chi connectivity index (χ1n) is 5.15. The summed E-state index contributed by atoms with van der Waals surface area (Å²) < 4.78 is 14.5. The van der Waals surface area contributed by atoms with Crippen LogP contribution >= 0.6 is 0 Å². The summed E-state index contributed by atoms with van der Waals surface area (Å²) in [7, 11) is 4.15. The zero-order valence-corrected chi connectivity index (χ0v) is 10.7. The fourth-order valence-electron chi connectivity index (χ4n) is 1.38. The molecule has 1 amide bonds. The van der Waals surface area contributed by atoms with Crippen molar-refractivity contribution in [2.45, 2.75) is 6.92 Å². The second-order valence-corrected chi connectivity index (χ2v) is 3.47. The minimum absolute atomic E-state index is 0.461. The van der Waals surface area contributed by atoms with E-state index in [2.05, 4.69) is 10.1 Å². The van der Waals surface area contributed by atoms with E-state index in [1.807, 2.05) is 0 Å². The zero-order valence-electron chi connectivity index (χ0n) is 10.7. The molecule has 0 aliphatic heterocycles. The molecular weight excluding hydrogens is 238 g/mol. The maximum atomic E-state index is 11.4. The molecule has 98 valence electrons. The van der Waals surface area contributed by atoms with E-state index in [4.69, 9.17) is 9.47 Å². The monoisotopic (exact) mass is 253 g/mol. The number of benzene rings is 1. The first-order chi connectivity index (χ1) is 8.53. The molecular formula is C12H15NO5. The van der Waals surface area contributed by atoms with Gasteiger partial charge in [0.2, 0.25) is 0 Å². The maximum Gasteiger partial charge on any atom is 0.396 e. The van der Waals surface area contributed by atoms with Crippen LogP contribution in [0.2, 0.25) is 0 Å². The predicted molar refractivity (Wildman–Crippen MR) is 64.9 cm³/mol. The number of ether oxygens (including phenoxy) is 3. The molecule has 6 heteroatoms. The zero-order chi connectivity index (χ0) is 13.7. The smallest absolute Gasteiger partial charge is 0.396 e. The van der Waals surface area contributed by atoms with Crippen molar-refractivity contribution in [2.24, 2.45) is 0 Å². The van der Waals surface area contributed by atoms with E-state index in [0.29, 0.717) is 17.2 Å². The first-order valence-corrected chi connectivity index (χ1v) is 5.15. The number of aryl methyl sites for hydroxylation is 1. The van der Waals surface area contributed by atoms with Gasteiger partial charge in [-0.15, -0.1) is 0 Å². The van der Waals surface area contributed by atoms with Crippen LogP contribution in [0.5, 0.6) is 11.5 Å². The Morgan fingerprint density at radius 3 is 2.11 bits per heavy atom. The third-order valence-electron chi connectivity index (χ3n) is 2.35. The van der Waals surface area contributed by atoms with Gasteiger partial charge in [0.25, 0.3) is 0 Å². The number of methoxy groups -OCH3 is 3. The van der Waals surface area contributed by atoms with Gasteiger partial charge in [-0.1, -0.05) is 0 Å². The normalized spacial score (nSPS) is 9.56. The highest BCUT2D eigenvalue weighted by Gasteiger charge is 2.16. The third kappa shape index (κ3) is 2.91. The number of carbonyl (C=O) groups is 2. The van der Waals surface area contributed by atoms with Crippen LogP contribution < -0.4 is 14.8 Å². The van der Waals surface area contributed by atoms with E-state index in [0.717, 1.165) is 12.7 Å². The molecule has 1 N–H and O–H groups in total. The van der Waals surface area contributed by atoms with Gasteiger partial charge in [0.1, 0.15) is 0 Å². The van der Waals surface area contributed by atoms with Gasteiger partial charge in [-0.25, -0.2) is 4.79 Å². The maximum absolute atomic E-state index is 11.4. The van der Waals surface area contributed by atoms with Gasteiger partial charge in [-0.2, -0.15) is 0 Å². The lowest BCUT2D eigenvalue weighted by Gasteiger charge is -2.13. The molecule has 0 spiro atoms. The second kappa shape index (κ2) is 5.90. The van der Waals surface area contributed by atoms with E-state index in [-0.39, 0.29) is 0 Å². The Kier molecular flexibility index (Phi) is 4.53. The summed E-state index contributed by atoms with van der Waals surface area (Å²) in [6.07, 6.45) is 0. The fourth-order valence-corrected chi connectivity index (χ4v) is 1.38. The second-order valence-electron chi connectivity index (χ2n) is 3.47. The summed E-state index contributed by atoms with van der Waals surface area (Å²) >= 11 is 0. The van der Waals surface area contributed by atoms with Crippen LogP contribution in [-0.2, 0) is 14.3 Å². The van der Waals surface area contributed by atoms with Crippen molar-refractivity contribution in [3.63, 3.8) is 0 Å². The lowest BCUT2D eigenvalue weighted by atomic mass is 10.1. The highest BCUT2D eigenvalue weighted by atomic mass is 16.5. The number of anilines is 1. The van der Waals surface area contributed by atoms with Crippen molar-refractivity contribution >= 4 is 17.6 Å². The van der Waals surface area contributed by atoms with Gasteiger partial charge in [0, 0.05) is 11.8 Å². The minimum atomic E-state index is -0.954. The molecule has 1 aromatic rings. The molecule has 0 fully saturated rings. The van der Waals surface area contributed by atoms with Crippen LogP contribution in [0.3, 0.4) is 0 Å².